The van der Waals surface area contributed by atoms with Gasteiger partial charge >= 0.3 is 0 Å². The Kier molecular flexibility index (Phi) is 7.93. The highest BCUT2D eigenvalue weighted by atomic mass is 28.3. The fourth-order valence-electron chi connectivity index (χ4n) is 5.85. The number of benzene rings is 5. The number of nitrogens with zero attached hydrogens (tertiary/aromatic N) is 2. The van der Waals surface area contributed by atoms with E-state index in [-0.39, 0.29) is 0 Å². The Balaban J connectivity index is 1.49. The molecule has 0 unspecified atom stereocenters. The molecule has 0 aliphatic rings. The second-order valence-electron chi connectivity index (χ2n) is 10.6. The maximum Gasteiger partial charge on any atom is 0.239 e. The van der Waals surface area contributed by atoms with Crippen molar-refractivity contribution in [2.24, 2.45) is 0 Å². The third kappa shape index (κ3) is 5.79. The summed E-state index contributed by atoms with van der Waals surface area (Å²) in [6.07, 6.45) is 7.30. The van der Waals surface area contributed by atoms with E-state index < -0.39 is 8.07 Å². The van der Waals surface area contributed by atoms with E-state index >= 15 is 0 Å². The zero-order valence-electron chi connectivity index (χ0n) is 23.4. The van der Waals surface area contributed by atoms with Crippen LogP contribution in [0.3, 0.4) is 0 Å². The molecule has 0 saturated carbocycles. The number of imidazole rings is 1. The van der Waals surface area contributed by atoms with Crippen LogP contribution < -0.4 is 21.3 Å². The standard InChI is InChI=1S/C37H33BN2Si/c1-30-15-14-24-35(27-30)41(33-20-10-4-11-21-33,34-22-12-5-13-23-34)29-40-26-25-39-37(40)38-36(32-18-8-3-9-19-32)28-31-16-6-2-7-17-31/h2-28,38H,29H2,1H3. The molecular weight excluding hydrogens is 511 g/mol. The zero-order chi connectivity index (χ0) is 27.9. The fraction of sp³-hybridized carbons (Fsp3) is 0.0541. The lowest BCUT2D eigenvalue weighted by Crippen LogP contribution is -2.70. The minimum Gasteiger partial charge on any atom is -0.345 e. The van der Waals surface area contributed by atoms with Gasteiger partial charge in [0.1, 0.15) is 0 Å². The molecule has 41 heavy (non-hydrogen) atoms. The van der Waals surface area contributed by atoms with Crippen molar-refractivity contribution in [1.29, 1.82) is 0 Å². The molecule has 1 aromatic heterocycles. The lowest BCUT2D eigenvalue weighted by Gasteiger charge is -2.35. The first kappa shape index (κ1) is 26.5. The molecule has 0 saturated heterocycles. The Morgan fingerprint density at radius 2 is 1.24 bits per heavy atom. The van der Waals surface area contributed by atoms with Crippen LogP contribution in [0, 0.1) is 6.92 Å². The SMILES string of the molecule is Cc1cccc([Si](Cn2ccnc2BC(=Cc2ccccc2)c2ccccc2)(c2ccccc2)c2ccccc2)c1. The third-order valence-corrected chi connectivity index (χ3v) is 12.6. The molecule has 5 aromatic carbocycles. The number of aromatic nitrogens is 2. The van der Waals surface area contributed by atoms with Crippen LogP contribution in [-0.4, -0.2) is 24.9 Å². The van der Waals surface area contributed by atoms with Crippen molar-refractivity contribution in [2.75, 3.05) is 0 Å². The molecule has 0 aliphatic heterocycles. The first-order valence-corrected chi connectivity index (χ1v) is 16.4. The number of hydrogen-bond acceptors (Lipinski definition) is 1. The maximum absolute atomic E-state index is 4.95. The Morgan fingerprint density at radius 3 is 1.85 bits per heavy atom. The van der Waals surface area contributed by atoms with Gasteiger partial charge in [-0.1, -0.05) is 163 Å². The first-order chi connectivity index (χ1) is 20.2. The summed E-state index contributed by atoms with van der Waals surface area (Å²) in [6, 6.07) is 52.7. The second kappa shape index (κ2) is 12.2. The molecule has 1 heterocycles. The number of aryl methyl sites for hydroxylation is 1. The smallest absolute Gasteiger partial charge is 0.239 e. The van der Waals surface area contributed by atoms with E-state index in [0.717, 1.165) is 19.2 Å². The molecule has 0 radical (unpaired) electrons. The summed E-state index contributed by atoms with van der Waals surface area (Å²) >= 11 is 0. The predicted octanol–water partition coefficient (Wildman–Crippen LogP) is 5.16. The van der Waals surface area contributed by atoms with Crippen LogP contribution in [0.5, 0.6) is 0 Å². The zero-order valence-corrected chi connectivity index (χ0v) is 24.4. The van der Waals surface area contributed by atoms with E-state index in [1.807, 2.05) is 6.20 Å². The molecule has 0 bridgehead atoms. The Morgan fingerprint density at radius 1 is 0.683 bits per heavy atom. The molecule has 6 rings (SSSR count). The summed E-state index contributed by atoms with van der Waals surface area (Å²) in [5.74, 6) is 0. The van der Waals surface area contributed by atoms with Gasteiger partial charge in [-0.3, -0.25) is 4.98 Å². The largest absolute Gasteiger partial charge is 0.345 e. The summed E-state index contributed by atoms with van der Waals surface area (Å²) in [5, 5.41) is 4.22. The van der Waals surface area contributed by atoms with Gasteiger partial charge in [0.25, 0.3) is 0 Å². The van der Waals surface area contributed by atoms with Crippen molar-refractivity contribution in [3.8, 4) is 0 Å². The van der Waals surface area contributed by atoms with Crippen molar-refractivity contribution in [3.05, 3.63) is 175 Å². The van der Waals surface area contributed by atoms with E-state index in [4.69, 9.17) is 4.98 Å². The molecule has 0 N–H and O–H groups in total. The maximum atomic E-state index is 4.95. The van der Waals surface area contributed by atoms with Crippen LogP contribution in [0.15, 0.2) is 158 Å². The third-order valence-electron chi connectivity index (χ3n) is 7.89. The molecule has 0 fully saturated rings. The van der Waals surface area contributed by atoms with Crippen molar-refractivity contribution in [3.63, 3.8) is 0 Å². The number of rotatable bonds is 9. The molecule has 6 aromatic rings. The van der Waals surface area contributed by atoms with E-state index in [2.05, 4.69) is 169 Å². The predicted molar refractivity (Wildman–Crippen MR) is 178 cm³/mol. The minimum atomic E-state index is -2.49. The highest BCUT2D eigenvalue weighted by Gasteiger charge is 2.40. The summed E-state index contributed by atoms with van der Waals surface area (Å²) in [6.45, 7) is 2.20. The summed E-state index contributed by atoms with van der Waals surface area (Å²) < 4.78 is 2.41. The molecule has 0 amide bonds. The molecule has 0 atom stereocenters. The van der Waals surface area contributed by atoms with E-state index in [0.29, 0.717) is 0 Å². The second-order valence-corrected chi connectivity index (χ2v) is 14.5. The molecule has 4 heteroatoms. The first-order valence-electron chi connectivity index (χ1n) is 14.2. The monoisotopic (exact) mass is 544 g/mol. The van der Waals surface area contributed by atoms with Crippen molar-refractivity contribution in [1.82, 2.24) is 9.55 Å². The average molecular weight is 545 g/mol. The highest BCUT2D eigenvalue weighted by Crippen LogP contribution is 2.18. The van der Waals surface area contributed by atoms with E-state index in [9.17, 15) is 0 Å². The van der Waals surface area contributed by atoms with Gasteiger partial charge in [-0.2, -0.15) is 0 Å². The van der Waals surface area contributed by atoms with Crippen LogP contribution >= 0.6 is 0 Å². The fourth-order valence-corrected chi connectivity index (χ4v) is 10.6. The lowest BCUT2D eigenvalue weighted by molar-refractivity contribution is 0.893. The lowest BCUT2D eigenvalue weighted by atomic mass is 9.65. The summed E-state index contributed by atoms with van der Waals surface area (Å²) in [7, 11) is -1.75. The van der Waals surface area contributed by atoms with Crippen molar-refractivity contribution >= 4 is 48.2 Å². The van der Waals surface area contributed by atoms with Crippen LogP contribution in [0.1, 0.15) is 16.7 Å². The molecule has 198 valence electrons. The summed E-state index contributed by atoms with van der Waals surface area (Å²) in [5.41, 5.74) is 6.04. The van der Waals surface area contributed by atoms with E-state index in [1.54, 1.807) is 0 Å². The Bertz CT molecular complexity index is 1690. The van der Waals surface area contributed by atoms with Crippen LogP contribution in [0.4, 0.5) is 0 Å². The van der Waals surface area contributed by atoms with Gasteiger partial charge in [0.2, 0.25) is 7.28 Å². The van der Waals surface area contributed by atoms with Gasteiger partial charge in [0.15, 0.2) is 8.07 Å². The minimum absolute atomic E-state index is 0.744. The van der Waals surface area contributed by atoms with Gasteiger partial charge in [0, 0.05) is 18.6 Å². The van der Waals surface area contributed by atoms with Crippen molar-refractivity contribution < 1.29 is 0 Å². The summed E-state index contributed by atoms with van der Waals surface area (Å²) in [4.78, 5) is 4.95. The van der Waals surface area contributed by atoms with Crippen molar-refractivity contribution in [2.45, 2.75) is 13.1 Å². The van der Waals surface area contributed by atoms with E-state index in [1.165, 1.54) is 37.7 Å². The molecule has 2 nitrogen and oxygen atoms in total. The Labute approximate surface area is 244 Å². The normalized spacial score (nSPS) is 11.8. The van der Waals surface area contributed by atoms with Gasteiger partial charge in [-0.05, 0) is 33.6 Å². The number of hydrogen-bond donors (Lipinski definition) is 0. The highest BCUT2D eigenvalue weighted by molar-refractivity contribution is 7.10. The van der Waals surface area contributed by atoms with Gasteiger partial charge in [-0.25, -0.2) is 0 Å². The van der Waals surface area contributed by atoms with Crippen LogP contribution in [-0.2, 0) is 6.17 Å². The van der Waals surface area contributed by atoms with Crippen LogP contribution in [0.2, 0.25) is 0 Å². The van der Waals surface area contributed by atoms with Gasteiger partial charge in [0.05, 0.1) is 5.72 Å². The quantitative estimate of drug-likeness (QED) is 0.140. The van der Waals surface area contributed by atoms with Gasteiger partial charge in [-0.15, -0.1) is 0 Å². The molecule has 0 spiro atoms. The van der Waals surface area contributed by atoms with Gasteiger partial charge < -0.3 is 4.57 Å². The average Bonchev–Trinajstić information content (AvgIpc) is 3.47. The molecular formula is C37H33BN2Si. The Hall–Kier alpha value is -4.67. The van der Waals surface area contributed by atoms with Crippen LogP contribution in [0.25, 0.3) is 11.5 Å². The molecule has 0 aliphatic carbocycles. The topological polar surface area (TPSA) is 17.8 Å².